The number of nitrogens with one attached hydrogen (secondary N) is 1. The zero-order valence-corrected chi connectivity index (χ0v) is 14.1. The number of ether oxygens (including phenoxy) is 1. The molecule has 3 N–H and O–H groups in total. The Morgan fingerprint density at radius 2 is 2.29 bits per heavy atom. The fourth-order valence-corrected chi connectivity index (χ4v) is 2.15. The highest BCUT2D eigenvalue weighted by atomic mass is 16.5. The molecule has 0 unspecified atom stereocenters. The van der Waals surface area contributed by atoms with Gasteiger partial charge in [0.15, 0.2) is 0 Å². The molecule has 0 aliphatic rings. The standard InChI is InChI=1S/C18H24N4O2/c1-14(2)24-17-6-4-15(12-16(17)19)5-7-18(23)21-8-3-10-22-11-9-20-13-22/h4-7,9,11-14H,3,8,10,19H2,1-2H3,(H,21,23)/b7-5-. The van der Waals surface area contributed by atoms with Crippen LogP contribution in [0.2, 0.25) is 0 Å². The van der Waals surface area contributed by atoms with Gasteiger partial charge in [-0.25, -0.2) is 4.98 Å². The van der Waals surface area contributed by atoms with E-state index in [0.717, 1.165) is 18.5 Å². The Bertz CT molecular complexity index is 678. The molecule has 128 valence electrons. The lowest BCUT2D eigenvalue weighted by Gasteiger charge is -2.12. The van der Waals surface area contributed by atoms with Gasteiger partial charge >= 0.3 is 0 Å². The number of benzene rings is 1. The molecule has 0 saturated heterocycles. The smallest absolute Gasteiger partial charge is 0.244 e. The number of aromatic nitrogens is 2. The average molecular weight is 328 g/mol. The molecular formula is C18H24N4O2. The van der Waals surface area contributed by atoms with E-state index in [4.69, 9.17) is 10.5 Å². The normalized spacial score (nSPS) is 11.1. The number of rotatable bonds is 8. The highest BCUT2D eigenvalue weighted by molar-refractivity contribution is 5.91. The van der Waals surface area contributed by atoms with Gasteiger partial charge in [-0.05, 0) is 44.0 Å². The lowest BCUT2D eigenvalue weighted by molar-refractivity contribution is -0.116. The molecule has 0 aliphatic carbocycles. The number of imidazole rings is 1. The molecule has 0 atom stereocenters. The number of aryl methyl sites for hydroxylation is 1. The third-order valence-corrected chi connectivity index (χ3v) is 3.28. The van der Waals surface area contributed by atoms with Crippen molar-refractivity contribution in [3.63, 3.8) is 0 Å². The molecule has 2 rings (SSSR count). The zero-order valence-electron chi connectivity index (χ0n) is 14.1. The monoisotopic (exact) mass is 328 g/mol. The molecule has 1 aromatic heterocycles. The van der Waals surface area contributed by atoms with Crippen molar-refractivity contribution < 1.29 is 9.53 Å². The molecule has 2 aromatic rings. The van der Waals surface area contributed by atoms with Crippen LogP contribution < -0.4 is 15.8 Å². The summed E-state index contributed by atoms with van der Waals surface area (Å²) in [5.74, 6) is 0.535. The largest absolute Gasteiger partial charge is 0.489 e. The summed E-state index contributed by atoms with van der Waals surface area (Å²) in [5, 5.41) is 2.85. The molecule has 0 saturated carbocycles. The first kappa shape index (κ1) is 17.6. The summed E-state index contributed by atoms with van der Waals surface area (Å²) >= 11 is 0. The van der Waals surface area contributed by atoms with Crippen LogP contribution in [-0.2, 0) is 11.3 Å². The van der Waals surface area contributed by atoms with E-state index < -0.39 is 0 Å². The Balaban J connectivity index is 1.77. The first-order chi connectivity index (χ1) is 11.5. The van der Waals surface area contributed by atoms with Crippen LogP contribution in [0.4, 0.5) is 5.69 Å². The van der Waals surface area contributed by atoms with Crippen LogP contribution in [0, 0.1) is 0 Å². The van der Waals surface area contributed by atoms with E-state index in [-0.39, 0.29) is 12.0 Å². The first-order valence-electron chi connectivity index (χ1n) is 8.02. The van der Waals surface area contributed by atoms with Gasteiger partial charge in [0.2, 0.25) is 5.91 Å². The van der Waals surface area contributed by atoms with Crippen molar-refractivity contribution in [2.75, 3.05) is 12.3 Å². The molecule has 0 radical (unpaired) electrons. The minimum Gasteiger partial charge on any atom is -0.489 e. The summed E-state index contributed by atoms with van der Waals surface area (Å²) in [4.78, 5) is 15.8. The number of hydrogen-bond acceptors (Lipinski definition) is 4. The van der Waals surface area contributed by atoms with Gasteiger partial charge in [-0.15, -0.1) is 0 Å². The van der Waals surface area contributed by atoms with E-state index in [1.807, 2.05) is 36.7 Å². The SMILES string of the molecule is CC(C)Oc1ccc(/C=C\C(=O)NCCCn2ccnc2)cc1N. The second-order valence-corrected chi connectivity index (χ2v) is 5.74. The molecule has 0 bridgehead atoms. The Kier molecular flexibility index (Phi) is 6.42. The number of nitrogen functional groups attached to an aromatic ring is 1. The summed E-state index contributed by atoms with van der Waals surface area (Å²) < 4.78 is 7.56. The van der Waals surface area contributed by atoms with Gasteiger partial charge in [-0.2, -0.15) is 0 Å². The van der Waals surface area contributed by atoms with E-state index in [2.05, 4.69) is 10.3 Å². The van der Waals surface area contributed by atoms with Crippen molar-refractivity contribution >= 4 is 17.7 Å². The summed E-state index contributed by atoms with van der Waals surface area (Å²) in [5.41, 5.74) is 7.37. The minimum atomic E-state index is -0.123. The zero-order chi connectivity index (χ0) is 17.4. The quantitative estimate of drug-likeness (QED) is 0.443. The molecular weight excluding hydrogens is 304 g/mol. The van der Waals surface area contributed by atoms with Crippen LogP contribution >= 0.6 is 0 Å². The Morgan fingerprint density at radius 1 is 1.46 bits per heavy atom. The fourth-order valence-electron chi connectivity index (χ4n) is 2.15. The van der Waals surface area contributed by atoms with Crippen LogP contribution in [0.3, 0.4) is 0 Å². The van der Waals surface area contributed by atoms with Crippen LogP contribution in [0.25, 0.3) is 6.08 Å². The maximum atomic E-state index is 11.8. The number of nitrogens with two attached hydrogens (primary N) is 1. The van der Waals surface area contributed by atoms with Crippen LogP contribution in [0.1, 0.15) is 25.8 Å². The van der Waals surface area contributed by atoms with Crippen molar-refractivity contribution in [3.05, 3.63) is 48.6 Å². The second-order valence-electron chi connectivity index (χ2n) is 5.74. The van der Waals surface area contributed by atoms with E-state index in [9.17, 15) is 4.79 Å². The van der Waals surface area contributed by atoms with Crippen LogP contribution in [0.5, 0.6) is 5.75 Å². The van der Waals surface area contributed by atoms with E-state index in [1.165, 1.54) is 6.08 Å². The number of carbonyl (C=O) groups is 1. The van der Waals surface area contributed by atoms with Gasteiger partial charge in [0.05, 0.1) is 18.1 Å². The Hall–Kier alpha value is -2.76. The van der Waals surface area contributed by atoms with E-state index in [0.29, 0.717) is 18.0 Å². The highest BCUT2D eigenvalue weighted by Gasteiger charge is 2.03. The molecule has 24 heavy (non-hydrogen) atoms. The van der Waals surface area contributed by atoms with Gasteiger partial charge in [-0.1, -0.05) is 6.07 Å². The molecule has 6 nitrogen and oxygen atoms in total. The molecule has 1 heterocycles. The number of amides is 1. The second kappa shape index (κ2) is 8.76. The predicted molar refractivity (Wildman–Crippen MR) is 95.5 cm³/mol. The third-order valence-electron chi connectivity index (χ3n) is 3.28. The Morgan fingerprint density at radius 3 is 2.96 bits per heavy atom. The highest BCUT2D eigenvalue weighted by Crippen LogP contribution is 2.24. The van der Waals surface area contributed by atoms with E-state index >= 15 is 0 Å². The van der Waals surface area contributed by atoms with Crippen molar-refractivity contribution in [1.82, 2.24) is 14.9 Å². The molecule has 1 amide bonds. The molecule has 6 heteroatoms. The molecule has 0 aliphatic heterocycles. The summed E-state index contributed by atoms with van der Waals surface area (Å²) in [6.07, 6.45) is 9.57. The number of nitrogens with zero attached hydrogens (tertiary/aromatic N) is 2. The topological polar surface area (TPSA) is 82.2 Å². The fraction of sp³-hybridized carbons (Fsp3) is 0.333. The first-order valence-corrected chi connectivity index (χ1v) is 8.02. The average Bonchev–Trinajstić information content (AvgIpc) is 3.05. The molecule has 0 spiro atoms. The summed E-state index contributed by atoms with van der Waals surface area (Å²) in [6, 6.07) is 5.48. The number of anilines is 1. The van der Waals surface area contributed by atoms with Gasteiger partial charge in [-0.3, -0.25) is 4.79 Å². The predicted octanol–water partition coefficient (Wildman–Crippen LogP) is 2.47. The Labute approximate surface area is 142 Å². The minimum absolute atomic E-state index is 0.0711. The summed E-state index contributed by atoms with van der Waals surface area (Å²) in [7, 11) is 0. The third kappa shape index (κ3) is 5.79. The van der Waals surface area contributed by atoms with Gasteiger partial charge in [0.1, 0.15) is 5.75 Å². The maximum absolute atomic E-state index is 11.8. The van der Waals surface area contributed by atoms with Crippen LogP contribution in [-0.4, -0.2) is 28.1 Å². The lowest BCUT2D eigenvalue weighted by Crippen LogP contribution is -2.22. The van der Waals surface area contributed by atoms with Gasteiger partial charge < -0.3 is 20.4 Å². The lowest BCUT2D eigenvalue weighted by atomic mass is 10.1. The van der Waals surface area contributed by atoms with Gasteiger partial charge in [0, 0.05) is 31.6 Å². The van der Waals surface area contributed by atoms with Crippen molar-refractivity contribution in [2.45, 2.75) is 32.9 Å². The molecule has 0 fully saturated rings. The summed E-state index contributed by atoms with van der Waals surface area (Å²) in [6.45, 7) is 5.34. The van der Waals surface area contributed by atoms with E-state index in [1.54, 1.807) is 24.7 Å². The maximum Gasteiger partial charge on any atom is 0.244 e. The number of carbonyl (C=O) groups excluding carboxylic acids is 1. The van der Waals surface area contributed by atoms with Crippen molar-refractivity contribution in [3.8, 4) is 5.75 Å². The van der Waals surface area contributed by atoms with Crippen LogP contribution in [0.15, 0.2) is 43.0 Å². The van der Waals surface area contributed by atoms with Crippen molar-refractivity contribution in [1.29, 1.82) is 0 Å². The number of hydrogen-bond donors (Lipinski definition) is 2. The molecule has 1 aromatic carbocycles. The van der Waals surface area contributed by atoms with Gasteiger partial charge in [0.25, 0.3) is 0 Å². The van der Waals surface area contributed by atoms with Crippen molar-refractivity contribution in [2.24, 2.45) is 0 Å².